The first-order valence-corrected chi connectivity index (χ1v) is 5.26. The number of hydrogen-bond acceptors (Lipinski definition) is 2. The van der Waals surface area contributed by atoms with E-state index >= 15 is 0 Å². The number of halogens is 2. The molecule has 1 aromatic heterocycles. The molecule has 1 aliphatic rings. The molecule has 1 saturated carbocycles. The van der Waals surface area contributed by atoms with E-state index in [1.165, 1.54) is 0 Å². The van der Waals surface area contributed by atoms with Gasteiger partial charge in [0, 0.05) is 23.2 Å². The molecule has 4 heteroatoms. The summed E-state index contributed by atoms with van der Waals surface area (Å²) in [6, 6.07) is 1.84. The van der Waals surface area contributed by atoms with Crippen LogP contribution in [-0.2, 0) is 0 Å². The summed E-state index contributed by atoms with van der Waals surface area (Å²) in [6.45, 7) is 4.26. The topological polar surface area (TPSA) is 38.9 Å². The maximum absolute atomic E-state index is 6.08. The lowest BCUT2D eigenvalue weighted by atomic mass is 10.1. The summed E-state index contributed by atoms with van der Waals surface area (Å²) in [5.41, 5.74) is 7.10. The molecular weight excluding hydrogens is 219 g/mol. The van der Waals surface area contributed by atoms with Gasteiger partial charge in [0.1, 0.15) is 5.15 Å². The standard InChI is InChI=1S/C10H12Cl2N2/c1-10(2)8(9(10)13)5-4-14-7(12)3-6(5)11/h3-4,8-9H,13H2,1-2H3. The zero-order chi connectivity index (χ0) is 10.5. The third-order valence-corrected chi connectivity index (χ3v) is 3.63. The number of rotatable bonds is 1. The molecule has 2 unspecified atom stereocenters. The molecule has 1 fully saturated rings. The zero-order valence-electron chi connectivity index (χ0n) is 8.09. The number of pyridine rings is 1. The maximum Gasteiger partial charge on any atom is 0.130 e. The van der Waals surface area contributed by atoms with Crippen LogP contribution in [0.2, 0.25) is 10.2 Å². The Hall–Kier alpha value is -0.310. The van der Waals surface area contributed by atoms with Crippen molar-refractivity contribution < 1.29 is 0 Å². The number of aromatic nitrogens is 1. The monoisotopic (exact) mass is 230 g/mol. The van der Waals surface area contributed by atoms with Crippen molar-refractivity contribution in [3.63, 3.8) is 0 Å². The Labute approximate surface area is 93.4 Å². The Kier molecular flexibility index (Phi) is 2.25. The molecule has 0 aliphatic heterocycles. The van der Waals surface area contributed by atoms with Gasteiger partial charge in [0.15, 0.2) is 0 Å². The Bertz CT molecular complexity index is 376. The van der Waals surface area contributed by atoms with Crippen LogP contribution in [0.3, 0.4) is 0 Å². The highest BCUT2D eigenvalue weighted by atomic mass is 35.5. The van der Waals surface area contributed by atoms with Crippen molar-refractivity contribution in [3.05, 3.63) is 28.0 Å². The van der Waals surface area contributed by atoms with Gasteiger partial charge in [-0.25, -0.2) is 4.98 Å². The number of nitrogens with zero attached hydrogens (tertiary/aromatic N) is 1. The van der Waals surface area contributed by atoms with E-state index in [1.807, 2.05) is 0 Å². The maximum atomic E-state index is 6.08. The lowest BCUT2D eigenvalue weighted by Crippen LogP contribution is -2.06. The lowest BCUT2D eigenvalue weighted by Gasteiger charge is -2.04. The van der Waals surface area contributed by atoms with E-state index in [0.717, 1.165) is 5.56 Å². The van der Waals surface area contributed by atoms with Gasteiger partial charge in [-0.15, -0.1) is 0 Å². The second-order valence-electron chi connectivity index (χ2n) is 4.35. The second kappa shape index (κ2) is 3.09. The molecule has 1 aromatic rings. The molecule has 2 nitrogen and oxygen atoms in total. The first-order valence-electron chi connectivity index (χ1n) is 4.51. The SMILES string of the molecule is CC1(C)C(N)C1c1cnc(Cl)cc1Cl. The average molecular weight is 231 g/mol. The molecule has 2 atom stereocenters. The zero-order valence-corrected chi connectivity index (χ0v) is 9.60. The van der Waals surface area contributed by atoms with Gasteiger partial charge in [0.25, 0.3) is 0 Å². The molecule has 0 saturated heterocycles. The summed E-state index contributed by atoms with van der Waals surface area (Å²) < 4.78 is 0. The van der Waals surface area contributed by atoms with Crippen LogP contribution in [0.1, 0.15) is 25.3 Å². The van der Waals surface area contributed by atoms with Gasteiger partial charge < -0.3 is 5.73 Å². The number of hydrogen-bond donors (Lipinski definition) is 1. The molecule has 2 N–H and O–H groups in total. The Balaban J connectivity index is 2.36. The van der Waals surface area contributed by atoms with E-state index < -0.39 is 0 Å². The van der Waals surface area contributed by atoms with Crippen LogP contribution in [0, 0.1) is 5.41 Å². The van der Waals surface area contributed by atoms with Gasteiger partial charge in [-0.3, -0.25) is 0 Å². The number of nitrogens with two attached hydrogens (primary N) is 1. The minimum absolute atomic E-state index is 0.124. The van der Waals surface area contributed by atoms with E-state index in [9.17, 15) is 0 Å². The van der Waals surface area contributed by atoms with Crippen molar-refractivity contribution in [2.24, 2.45) is 11.1 Å². The molecule has 0 aromatic carbocycles. The largest absolute Gasteiger partial charge is 0.327 e. The highest BCUT2D eigenvalue weighted by molar-refractivity contribution is 6.34. The fraction of sp³-hybridized carbons (Fsp3) is 0.500. The van der Waals surface area contributed by atoms with E-state index in [0.29, 0.717) is 16.1 Å². The van der Waals surface area contributed by atoms with Crippen molar-refractivity contribution in [1.29, 1.82) is 0 Å². The highest BCUT2D eigenvalue weighted by Crippen LogP contribution is 2.58. The minimum atomic E-state index is 0.124. The summed E-state index contributed by atoms with van der Waals surface area (Å²) in [5.74, 6) is 0.305. The van der Waals surface area contributed by atoms with E-state index in [2.05, 4.69) is 18.8 Å². The second-order valence-corrected chi connectivity index (χ2v) is 5.15. The first kappa shape index (κ1) is 10.2. The Morgan fingerprint density at radius 3 is 2.43 bits per heavy atom. The third kappa shape index (κ3) is 1.42. The molecule has 76 valence electrons. The van der Waals surface area contributed by atoms with Crippen molar-refractivity contribution in [2.45, 2.75) is 25.8 Å². The fourth-order valence-corrected chi connectivity index (χ4v) is 2.40. The Morgan fingerprint density at radius 2 is 2.00 bits per heavy atom. The van der Waals surface area contributed by atoms with Gasteiger partial charge >= 0.3 is 0 Å². The summed E-state index contributed by atoms with van der Waals surface area (Å²) in [7, 11) is 0. The van der Waals surface area contributed by atoms with Crippen molar-refractivity contribution in [2.75, 3.05) is 0 Å². The van der Waals surface area contributed by atoms with Crippen LogP contribution >= 0.6 is 23.2 Å². The van der Waals surface area contributed by atoms with Crippen LogP contribution in [0.4, 0.5) is 0 Å². The molecule has 1 aliphatic carbocycles. The fourth-order valence-electron chi connectivity index (χ4n) is 1.92. The van der Waals surface area contributed by atoms with Gasteiger partial charge in [0.05, 0.1) is 0 Å². The molecule has 0 bridgehead atoms. The molecular formula is C10H12Cl2N2. The Morgan fingerprint density at radius 1 is 1.43 bits per heavy atom. The van der Waals surface area contributed by atoms with Gasteiger partial charge in [0.2, 0.25) is 0 Å². The summed E-state index contributed by atoms with van der Waals surface area (Å²) >= 11 is 11.8. The molecule has 1 heterocycles. The van der Waals surface area contributed by atoms with Gasteiger partial charge in [-0.2, -0.15) is 0 Å². The van der Waals surface area contributed by atoms with Crippen LogP contribution in [0.5, 0.6) is 0 Å². The van der Waals surface area contributed by atoms with Crippen molar-refractivity contribution >= 4 is 23.2 Å². The molecule has 2 rings (SSSR count). The van der Waals surface area contributed by atoms with E-state index in [1.54, 1.807) is 12.3 Å². The lowest BCUT2D eigenvalue weighted by molar-refractivity contribution is 0.598. The van der Waals surface area contributed by atoms with Gasteiger partial charge in [-0.1, -0.05) is 37.0 Å². The van der Waals surface area contributed by atoms with Crippen LogP contribution in [0.15, 0.2) is 12.3 Å². The molecule has 0 spiro atoms. The predicted molar refractivity (Wildman–Crippen MR) is 58.8 cm³/mol. The highest BCUT2D eigenvalue weighted by Gasteiger charge is 2.56. The minimum Gasteiger partial charge on any atom is -0.327 e. The first-order chi connectivity index (χ1) is 6.44. The van der Waals surface area contributed by atoms with E-state index in [-0.39, 0.29) is 11.5 Å². The van der Waals surface area contributed by atoms with Crippen LogP contribution < -0.4 is 5.73 Å². The quantitative estimate of drug-likeness (QED) is 0.754. The van der Waals surface area contributed by atoms with Crippen molar-refractivity contribution in [3.8, 4) is 0 Å². The third-order valence-electron chi connectivity index (χ3n) is 3.09. The average Bonchev–Trinajstić information content (AvgIpc) is 2.54. The summed E-state index contributed by atoms with van der Waals surface area (Å²) in [5, 5.41) is 1.09. The normalized spacial score (nSPS) is 28.9. The van der Waals surface area contributed by atoms with Crippen LogP contribution in [0.25, 0.3) is 0 Å². The van der Waals surface area contributed by atoms with E-state index in [4.69, 9.17) is 28.9 Å². The van der Waals surface area contributed by atoms with Gasteiger partial charge in [-0.05, 0) is 17.0 Å². The predicted octanol–water partition coefficient (Wildman–Crippen LogP) is 2.84. The molecule has 14 heavy (non-hydrogen) atoms. The molecule has 0 radical (unpaired) electrons. The van der Waals surface area contributed by atoms with Crippen molar-refractivity contribution in [1.82, 2.24) is 4.98 Å². The summed E-state index contributed by atoms with van der Waals surface area (Å²) in [4.78, 5) is 4.03. The van der Waals surface area contributed by atoms with Crippen LogP contribution in [-0.4, -0.2) is 11.0 Å². The smallest absolute Gasteiger partial charge is 0.130 e. The summed E-state index contributed by atoms with van der Waals surface area (Å²) in [6.07, 6.45) is 1.73. The molecule has 0 amide bonds.